The predicted octanol–water partition coefficient (Wildman–Crippen LogP) is 4.06. The van der Waals surface area contributed by atoms with Crippen molar-refractivity contribution in [1.29, 1.82) is 0 Å². The van der Waals surface area contributed by atoms with Crippen LogP contribution in [0.4, 0.5) is 11.5 Å². The number of amides is 1. The van der Waals surface area contributed by atoms with Gasteiger partial charge in [-0.3, -0.25) is 4.79 Å². The summed E-state index contributed by atoms with van der Waals surface area (Å²) in [6.07, 6.45) is 5.40. The Balaban J connectivity index is 1.59. The van der Waals surface area contributed by atoms with Crippen LogP contribution in [0.1, 0.15) is 36.2 Å². The summed E-state index contributed by atoms with van der Waals surface area (Å²) in [5, 5.41) is 2.88. The molecule has 1 amide bonds. The van der Waals surface area contributed by atoms with Crippen molar-refractivity contribution in [1.82, 2.24) is 9.97 Å². The van der Waals surface area contributed by atoms with Gasteiger partial charge < -0.3 is 20.5 Å². The van der Waals surface area contributed by atoms with E-state index in [0.717, 1.165) is 37.0 Å². The van der Waals surface area contributed by atoms with Crippen molar-refractivity contribution in [3.8, 4) is 22.8 Å². The van der Waals surface area contributed by atoms with Gasteiger partial charge in [0, 0.05) is 5.56 Å². The average Bonchev–Trinajstić information content (AvgIpc) is 2.76. The van der Waals surface area contributed by atoms with Gasteiger partial charge in [-0.15, -0.1) is 0 Å². The number of nitrogens with one attached hydrogen (secondary N) is 1. The van der Waals surface area contributed by atoms with Crippen molar-refractivity contribution in [3.05, 3.63) is 60.4 Å². The lowest BCUT2D eigenvalue weighted by Gasteiger charge is -2.30. The minimum absolute atomic E-state index is 0.0715. The lowest BCUT2D eigenvalue weighted by molar-refractivity contribution is 0.0809. The molecule has 152 valence electrons. The first kappa shape index (κ1) is 18.4. The van der Waals surface area contributed by atoms with Crippen LogP contribution >= 0.6 is 0 Å². The first-order valence-corrected chi connectivity index (χ1v) is 10.1. The fourth-order valence-electron chi connectivity index (χ4n) is 3.93. The fourth-order valence-corrected chi connectivity index (χ4v) is 3.93. The molecular weight excluding hydrogens is 380 g/mol. The Bertz CT molecular complexity index is 1090. The Morgan fingerprint density at radius 3 is 2.57 bits per heavy atom. The van der Waals surface area contributed by atoms with Crippen molar-refractivity contribution in [3.63, 3.8) is 0 Å². The van der Waals surface area contributed by atoms with Crippen LogP contribution < -0.4 is 20.5 Å². The molecular formula is C23H22N4O3. The largest absolute Gasteiger partial charge is 0.490 e. The van der Waals surface area contributed by atoms with E-state index < -0.39 is 5.91 Å². The normalized spacial score (nSPS) is 20.5. The number of hydrogen-bond acceptors (Lipinski definition) is 6. The van der Waals surface area contributed by atoms with Crippen molar-refractivity contribution in [2.45, 2.75) is 37.9 Å². The van der Waals surface area contributed by atoms with Gasteiger partial charge >= 0.3 is 0 Å². The Labute approximate surface area is 174 Å². The summed E-state index contributed by atoms with van der Waals surface area (Å²) in [6, 6.07) is 15.1. The lowest BCUT2D eigenvalue weighted by atomic mass is 9.94. The third-order valence-corrected chi connectivity index (χ3v) is 5.50. The van der Waals surface area contributed by atoms with Crippen LogP contribution in [-0.2, 0) is 0 Å². The number of rotatable bonds is 0. The quantitative estimate of drug-likeness (QED) is 0.588. The molecule has 3 aromatic rings. The van der Waals surface area contributed by atoms with E-state index in [1.165, 1.54) is 0 Å². The highest BCUT2D eigenvalue weighted by Gasteiger charge is 2.25. The zero-order chi connectivity index (χ0) is 20.5. The number of nitrogen functional groups attached to an aromatic ring is 1. The molecule has 3 heterocycles. The number of aromatic nitrogens is 2. The number of para-hydroxylation sites is 2. The molecule has 1 fully saturated rings. The SMILES string of the molecule is Nc1ncc2nc1C(=O)Nc1ccccc1OC1CCC(CC1)Oc1cccc-2c1. The number of carbonyl (C=O) groups excluding carboxylic acids is 1. The number of fused-ring (bicyclic) bond motifs is 3. The summed E-state index contributed by atoms with van der Waals surface area (Å²) < 4.78 is 12.4. The molecule has 0 saturated heterocycles. The minimum Gasteiger partial charge on any atom is -0.490 e. The number of benzene rings is 2. The third-order valence-electron chi connectivity index (χ3n) is 5.50. The molecule has 7 heteroatoms. The molecule has 0 radical (unpaired) electrons. The van der Waals surface area contributed by atoms with E-state index in [9.17, 15) is 4.79 Å². The molecule has 3 aliphatic rings. The van der Waals surface area contributed by atoms with Crippen LogP contribution in [0.2, 0.25) is 0 Å². The van der Waals surface area contributed by atoms with E-state index in [1.54, 1.807) is 6.20 Å². The van der Waals surface area contributed by atoms with E-state index in [4.69, 9.17) is 15.2 Å². The number of nitrogens with two attached hydrogens (primary N) is 1. The molecule has 0 spiro atoms. The summed E-state index contributed by atoms with van der Waals surface area (Å²) in [4.78, 5) is 21.6. The predicted molar refractivity (Wildman–Crippen MR) is 114 cm³/mol. The second-order valence-corrected chi connectivity index (χ2v) is 7.60. The van der Waals surface area contributed by atoms with Crippen LogP contribution in [0.15, 0.2) is 54.7 Å². The smallest absolute Gasteiger partial charge is 0.278 e. The van der Waals surface area contributed by atoms with Gasteiger partial charge in [-0.2, -0.15) is 0 Å². The second kappa shape index (κ2) is 7.67. The van der Waals surface area contributed by atoms with Gasteiger partial charge in [0.2, 0.25) is 0 Å². The van der Waals surface area contributed by atoms with Crippen molar-refractivity contribution in [2.75, 3.05) is 11.1 Å². The summed E-state index contributed by atoms with van der Waals surface area (Å²) in [5.74, 6) is 1.05. The first-order valence-electron chi connectivity index (χ1n) is 10.1. The molecule has 1 aromatic heterocycles. The Morgan fingerprint density at radius 1 is 0.967 bits per heavy atom. The van der Waals surface area contributed by atoms with Crippen LogP contribution in [0.5, 0.6) is 11.5 Å². The van der Waals surface area contributed by atoms with Crippen LogP contribution in [0.25, 0.3) is 11.3 Å². The molecule has 2 aromatic carbocycles. The molecule has 6 rings (SSSR count). The lowest BCUT2D eigenvalue weighted by Crippen LogP contribution is -2.30. The third kappa shape index (κ3) is 3.66. The van der Waals surface area contributed by atoms with Crippen molar-refractivity contribution in [2.24, 2.45) is 0 Å². The highest BCUT2D eigenvalue weighted by molar-refractivity contribution is 6.06. The molecule has 0 unspecified atom stereocenters. The summed E-state index contributed by atoms with van der Waals surface area (Å²) in [7, 11) is 0. The van der Waals surface area contributed by atoms with Gasteiger partial charge in [0.15, 0.2) is 11.5 Å². The van der Waals surface area contributed by atoms with Crippen molar-refractivity contribution < 1.29 is 14.3 Å². The number of hydrogen-bond donors (Lipinski definition) is 2. The molecule has 3 N–H and O–H groups in total. The topological polar surface area (TPSA) is 99.4 Å². The summed E-state index contributed by atoms with van der Waals surface area (Å²) in [5.41, 5.74) is 7.99. The van der Waals surface area contributed by atoms with E-state index in [1.807, 2.05) is 48.5 Å². The van der Waals surface area contributed by atoms with Crippen LogP contribution in [0.3, 0.4) is 0 Å². The highest BCUT2D eigenvalue weighted by atomic mass is 16.5. The zero-order valence-corrected chi connectivity index (χ0v) is 16.4. The number of carbonyl (C=O) groups is 1. The van der Waals surface area contributed by atoms with E-state index in [2.05, 4.69) is 15.3 Å². The minimum atomic E-state index is -0.430. The van der Waals surface area contributed by atoms with Gasteiger partial charge in [-0.1, -0.05) is 24.3 Å². The number of ether oxygens (including phenoxy) is 2. The second-order valence-electron chi connectivity index (χ2n) is 7.60. The van der Waals surface area contributed by atoms with Gasteiger partial charge in [-0.05, 0) is 49.9 Å². The van der Waals surface area contributed by atoms with Gasteiger partial charge in [0.25, 0.3) is 5.91 Å². The number of anilines is 2. The van der Waals surface area contributed by atoms with Crippen LogP contribution in [0, 0.1) is 0 Å². The number of nitrogens with zero attached hydrogens (tertiary/aromatic N) is 2. The Hall–Kier alpha value is -3.61. The summed E-state index contributed by atoms with van der Waals surface area (Å²) in [6.45, 7) is 0. The maximum absolute atomic E-state index is 13.0. The Kier molecular flexibility index (Phi) is 4.71. The van der Waals surface area contributed by atoms with Gasteiger partial charge in [0.1, 0.15) is 11.5 Å². The molecule has 1 aliphatic carbocycles. The molecule has 30 heavy (non-hydrogen) atoms. The monoisotopic (exact) mass is 402 g/mol. The standard InChI is InChI=1S/C23H22N4O3/c24-22-21-23(28)27-18-6-1-2-7-20(18)30-16-10-8-15(9-11-16)29-17-5-3-4-14(12-17)19(26-21)13-25-22/h1-7,12-13,15-16H,8-11H2,(H2,24,25)(H,27,28). The van der Waals surface area contributed by atoms with Gasteiger partial charge in [0.05, 0.1) is 29.8 Å². The maximum Gasteiger partial charge on any atom is 0.278 e. The van der Waals surface area contributed by atoms with E-state index in [0.29, 0.717) is 17.1 Å². The summed E-state index contributed by atoms with van der Waals surface area (Å²) >= 11 is 0. The fraction of sp³-hybridized carbons (Fsp3) is 0.261. The van der Waals surface area contributed by atoms with E-state index in [-0.39, 0.29) is 23.7 Å². The molecule has 1 saturated carbocycles. The Morgan fingerprint density at radius 2 is 1.73 bits per heavy atom. The van der Waals surface area contributed by atoms with Gasteiger partial charge in [-0.25, -0.2) is 9.97 Å². The van der Waals surface area contributed by atoms with E-state index >= 15 is 0 Å². The first-order chi connectivity index (χ1) is 14.7. The molecule has 6 bridgehead atoms. The average molecular weight is 402 g/mol. The zero-order valence-electron chi connectivity index (χ0n) is 16.4. The molecule has 7 nitrogen and oxygen atoms in total. The maximum atomic E-state index is 13.0. The van der Waals surface area contributed by atoms with Crippen LogP contribution in [-0.4, -0.2) is 28.1 Å². The molecule has 2 aliphatic heterocycles. The van der Waals surface area contributed by atoms with Crippen molar-refractivity contribution >= 4 is 17.4 Å². The highest BCUT2D eigenvalue weighted by Crippen LogP contribution is 2.32. The molecule has 0 atom stereocenters.